The van der Waals surface area contributed by atoms with Crippen molar-refractivity contribution in [2.75, 3.05) is 0 Å². The molecule has 1 heterocycles. The molecule has 2 aromatic rings. The van der Waals surface area contributed by atoms with E-state index in [2.05, 4.69) is 10.2 Å². The number of benzene rings is 1. The molecule has 3 nitrogen and oxygen atoms in total. The maximum absolute atomic E-state index is 9.09. The zero-order valence-corrected chi connectivity index (χ0v) is 9.10. The summed E-state index contributed by atoms with van der Waals surface area (Å²) in [5, 5.41) is 18.0. The average Bonchev–Trinajstić information content (AvgIpc) is 2.56. The standard InChI is InChI=1S/C9H8N2OS2/c1-6-10-11-9(13-6)14-8-4-2-7(12)3-5-8/h2-5,12H,1H3. The van der Waals surface area contributed by atoms with Gasteiger partial charge in [0.15, 0.2) is 4.34 Å². The van der Waals surface area contributed by atoms with Crippen LogP contribution in [0.3, 0.4) is 0 Å². The number of phenols is 1. The van der Waals surface area contributed by atoms with Crippen LogP contribution in [0.5, 0.6) is 5.75 Å². The third-order valence-electron chi connectivity index (χ3n) is 1.55. The van der Waals surface area contributed by atoms with Crippen LogP contribution >= 0.6 is 23.1 Å². The highest BCUT2D eigenvalue weighted by atomic mass is 32.2. The fourth-order valence-corrected chi connectivity index (χ4v) is 2.72. The molecule has 0 saturated heterocycles. The summed E-state index contributed by atoms with van der Waals surface area (Å²) in [6, 6.07) is 7.04. The van der Waals surface area contributed by atoms with E-state index in [1.807, 2.05) is 19.1 Å². The maximum atomic E-state index is 9.09. The average molecular weight is 224 g/mol. The molecule has 14 heavy (non-hydrogen) atoms. The van der Waals surface area contributed by atoms with E-state index in [9.17, 15) is 0 Å². The van der Waals surface area contributed by atoms with Crippen molar-refractivity contribution in [3.63, 3.8) is 0 Å². The van der Waals surface area contributed by atoms with Gasteiger partial charge in [-0.05, 0) is 31.2 Å². The van der Waals surface area contributed by atoms with Crippen LogP contribution in [0.4, 0.5) is 0 Å². The largest absolute Gasteiger partial charge is 0.508 e. The molecule has 0 radical (unpaired) electrons. The highest BCUT2D eigenvalue weighted by Gasteiger charge is 2.02. The molecule has 0 aliphatic carbocycles. The molecule has 0 aliphatic rings. The number of hydrogen-bond donors (Lipinski definition) is 1. The van der Waals surface area contributed by atoms with Crippen LogP contribution in [-0.2, 0) is 0 Å². The molecule has 0 saturated carbocycles. The topological polar surface area (TPSA) is 46.0 Å². The van der Waals surface area contributed by atoms with Crippen molar-refractivity contribution >= 4 is 23.1 Å². The minimum Gasteiger partial charge on any atom is -0.508 e. The van der Waals surface area contributed by atoms with E-state index in [0.717, 1.165) is 14.2 Å². The van der Waals surface area contributed by atoms with Crippen LogP contribution in [-0.4, -0.2) is 15.3 Å². The molecule has 2 rings (SSSR count). The van der Waals surface area contributed by atoms with Crippen molar-refractivity contribution in [1.82, 2.24) is 10.2 Å². The highest BCUT2D eigenvalue weighted by molar-refractivity contribution is 8.01. The first-order valence-corrected chi connectivity index (χ1v) is 5.64. The highest BCUT2D eigenvalue weighted by Crippen LogP contribution is 2.30. The van der Waals surface area contributed by atoms with Gasteiger partial charge in [0.2, 0.25) is 0 Å². The summed E-state index contributed by atoms with van der Waals surface area (Å²) in [6.07, 6.45) is 0. The number of phenolic OH excluding ortho intramolecular Hbond substituents is 1. The molecule has 72 valence electrons. The Bertz CT molecular complexity index is 425. The lowest BCUT2D eigenvalue weighted by Gasteiger charge is -1.96. The first-order valence-electron chi connectivity index (χ1n) is 4.01. The van der Waals surface area contributed by atoms with E-state index in [1.54, 1.807) is 35.2 Å². The summed E-state index contributed by atoms with van der Waals surface area (Å²) in [7, 11) is 0. The second kappa shape index (κ2) is 3.98. The van der Waals surface area contributed by atoms with Gasteiger partial charge in [-0.25, -0.2) is 0 Å². The zero-order valence-electron chi connectivity index (χ0n) is 7.47. The predicted molar refractivity (Wildman–Crippen MR) is 56.9 cm³/mol. The quantitative estimate of drug-likeness (QED) is 0.852. The molecular formula is C9H8N2OS2. The molecule has 0 unspecified atom stereocenters. The summed E-state index contributed by atoms with van der Waals surface area (Å²) in [5.74, 6) is 0.280. The number of hydrogen-bond acceptors (Lipinski definition) is 5. The molecule has 0 aliphatic heterocycles. The lowest BCUT2D eigenvalue weighted by Crippen LogP contribution is -1.72. The van der Waals surface area contributed by atoms with Crippen LogP contribution < -0.4 is 0 Å². The van der Waals surface area contributed by atoms with Gasteiger partial charge in [0.05, 0.1) is 0 Å². The Morgan fingerprint density at radius 2 is 1.93 bits per heavy atom. The molecular weight excluding hydrogens is 216 g/mol. The number of aromatic hydroxyl groups is 1. The van der Waals surface area contributed by atoms with Gasteiger partial charge in [-0.3, -0.25) is 0 Å². The van der Waals surface area contributed by atoms with Crippen molar-refractivity contribution in [2.24, 2.45) is 0 Å². The summed E-state index contributed by atoms with van der Waals surface area (Å²) < 4.78 is 0.924. The van der Waals surface area contributed by atoms with Gasteiger partial charge in [0.25, 0.3) is 0 Å². The first-order chi connectivity index (χ1) is 6.74. The van der Waals surface area contributed by atoms with E-state index in [4.69, 9.17) is 5.11 Å². The number of rotatable bonds is 2. The number of aromatic nitrogens is 2. The lowest BCUT2D eigenvalue weighted by atomic mass is 10.3. The fourth-order valence-electron chi connectivity index (χ4n) is 0.935. The molecule has 0 amide bonds. The lowest BCUT2D eigenvalue weighted by molar-refractivity contribution is 0.475. The molecule has 1 N–H and O–H groups in total. The van der Waals surface area contributed by atoms with E-state index >= 15 is 0 Å². The van der Waals surface area contributed by atoms with Crippen molar-refractivity contribution in [2.45, 2.75) is 16.2 Å². The zero-order chi connectivity index (χ0) is 9.97. The van der Waals surface area contributed by atoms with Crippen LogP contribution in [0.25, 0.3) is 0 Å². The summed E-state index contributed by atoms with van der Waals surface area (Å²) >= 11 is 3.12. The number of nitrogens with zero attached hydrogens (tertiary/aromatic N) is 2. The molecule has 0 fully saturated rings. The molecule has 1 aromatic heterocycles. The molecule has 0 spiro atoms. The van der Waals surface area contributed by atoms with E-state index in [0.29, 0.717) is 0 Å². The smallest absolute Gasteiger partial charge is 0.179 e. The Labute approximate surface area is 89.8 Å². The SMILES string of the molecule is Cc1nnc(Sc2ccc(O)cc2)s1. The van der Waals surface area contributed by atoms with Crippen molar-refractivity contribution < 1.29 is 5.11 Å². The van der Waals surface area contributed by atoms with E-state index < -0.39 is 0 Å². The van der Waals surface area contributed by atoms with Crippen LogP contribution in [0.15, 0.2) is 33.5 Å². The van der Waals surface area contributed by atoms with E-state index in [1.165, 1.54) is 0 Å². The normalized spacial score (nSPS) is 10.4. The van der Waals surface area contributed by atoms with Crippen molar-refractivity contribution in [3.05, 3.63) is 29.3 Å². The Kier molecular flexibility index (Phi) is 2.69. The minimum absolute atomic E-state index is 0.280. The molecule has 0 atom stereocenters. The first kappa shape index (κ1) is 9.48. The Balaban J connectivity index is 2.15. The second-order valence-electron chi connectivity index (χ2n) is 2.68. The maximum Gasteiger partial charge on any atom is 0.179 e. The van der Waals surface area contributed by atoms with E-state index in [-0.39, 0.29) is 5.75 Å². The molecule has 0 bridgehead atoms. The monoisotopic (exact) mass is 224 g/mol. The Morgan fingerprint density at radius 3 is 2.50 bits per heavy atom. The fraction of sp³-hybridized carbons (Fsp3) is 0.111. The molecule has 1 aromatic carbocycles. The van der Waals surface area contributed by atoms with Gasteiger partial charge in [-0.1, -0.05) is 23.1 Å². The summed E-state index contributed by atoms with van der Waals surface area (Å²) in [4.78, 5) is 1.05. The van der Waals surface area contributed by atoms with Crippen molar-refractivity contribution in [3.8, 4) is 5.75 Å². The third-order valence-corrected chi connectivity index (χ3v) is 3.45. The van der Waals surface area contributed by atoms with Gasteiger partial charge < -0.3 is 5.11 Å². The van der Waals surface area contributed by atoms with Gasteiger partial charge in [-0.2, -0.15) is 0 Å². The Hall–Kier alpha value is -1.07. The van der Waals surface area contributed by atoms with Gasteiger partial charge in [0, 0.05) is 4.90 Å². The number of aryl methyl sites for hydroxylation is 1. The van der Waals surface area contributed by atoms with Crippen LogP contribution in [0, 0.1) is 6.92 Å². The summed E-state index contributed by atoms with van der Waals surface area (Å²) in [5.41, 5.74) is 0. The van der Waals surface area contributed by atoms with Crippen molar-refractivity contribution in [1.29, 1.82) is 0 Å². The second-order valence-corrected chi connectivity index (χ2v) is 5.19. The third kappa shape index (κ3) is 2.24. The van der Waals surface area contributed by atoms with Gasteiger partial charge in [-0.15, -0.1) is 10.2 Å². The van der Waals surface area contributed by atoms with Crippen LogP contribution in [0.2, 0.25) is 0 Å². The van der Waals surface area contributed by atoms with Gasteiger partial charge >= 0.3 is 0 Å². The minimum atomic E-state index is 0.280. The predicted octanol–water partition coefficient (Wildman–Crippen LogP) is 2.70. The molecule has 5 heteroatoms. The summed E-state index contributed by atoms with van der Waals surface area (Å²) in [6.45, 7) is 1.93. The van der Waals surface area contributed by atoms with Crippen LogP contribution in [0.1, 0.15) is 5.01 Å². The van der Waals surface area contributed by atoms with Gasteiger partial charge in [0.1, 0.15) is 10.8 Å². The Morgan fingerprint density at radius 1 is 1.21 bits per heavy atom.